The van der Waals surface area contributed by atoms with Crippen LogP contribution in [0.1, 0.15) is 486 Å². The molecular formula is C114H177O3P. The van der Waals surface area contributed by atoms with Gasteiger partial charge in [-0.1, -0.05) is 476 Å². The number of hydrogen-bond acceptors (Lipinski definition) is 3. The van der Waals surface area contributed by atoms with Gasteiger partial charge in [0.15, 0.2) is 0 Å². The summed E-state index contributed by atoms with van der Waals surface area (Å²) in [7, 11) is -2.89. The van der Waals surface area contributed by atoms with E-state index in [1.54, 1.807) is 0 Å². The van der Waals surface area contributed by atoms with Gasteiger partial charge in [0, 0.05) is 0 Å². The maximum absolute atomic E-state index is 9.74. The molecule has 0 bridgehead atoms. The summed E-state index contributed by atoms with van der Waals surface area (Å²) in [5.41, 5.74) is 15.8. The normalized spacial score (nSPS) is 13.9. The molecule has 0 saturated heterocycles. The fraction of sp³-hybridized carbons (Fsp3) is 0.632. The SMILES string of the molecule is C=C(CCCCCCC)C(OP(OC(C(=C)CCCCCCC)(c1ccc(C(C)(C)C)cc1C(C)(C)C)c1ccc(C(C)(C)C)cc1C(C)(C)C)OC(C(=C)CCCCCCC)(c1ccc(C(C)(C)C)cc1C(C)(C)C)c1ccc(C(C)(C)C)cc1C(C)(C)C)(c1ccc(C(C)(C)C)cc1C(C)(C)C)c1ccc(C(C)(C)C)cc1C(C)(C)C. The number of benzene rings is 6. The highest BCUT2D eigenvalue weighted by molar-refractivity contribution is 7.41. The molecule has 0 unspecified atom stereocenters. The van der Waals surface area contributed by atoms with Crippen molar-refractivity contribution in [1.82, 2.24) is 0 Å². The molecule has 0 amide bonds. The number of unbranched alkanes of at least 4 members (excludes halogenated alkanes) is 12. The standard InChI is InChI=1S/C114H177O3P/c1-43-46-49-52-55-58-79(4)112(88-67-61-82(100(7,8)9)73-94(88)106(25,26)27,89-68-62-83(101(10,11)12)74-95(89)107(28,29)30)115-118(116-113(80(5)59-56-53-50-47-44-2,90-69-63-84(102(13,14)15)75-96(90)108(31,32)33)91-70-64-85(103(16,17)18)76-97(91)109(34,35)36)117-114(81(6)60-57-54-51-48-45-3,92-71-65-86(104(19,20)21)77-98(92)110(37,38)39)93-72-66-87(105(22,23)24)78-99(93)111(40,41)42/h61-78H,4-6,43-60H2,1-3,7-42H3. The highest BCUT2D eigenvalue weighted by atomic mass is 31.2. The molecule has 0 saturated carbocycles. The van der Waals surface area contributed by atoms with Crippen molar-refractivity contribution in [3.63, 3.8) is 0 Å². The Hall–Kier alpha value is -5.15. The second-order valence-electron chi connectivity index (χ2n) is 48.4. The summed E-state index contributed by atoms with van der Waals surface area (Å²) in [6.07, 6.45) is 18.3. The summed E-state index contributed by atoms with van der Waals surface area (Å²) in [6, 6.07) is 44.7. The van der Waals surface area contributed by atoms with Crippen LogP contribution in [0.4, 0.5) is 0 Å². The van der Waals surface area contributed by atoms with Crippen LogP contribution in [0.25, 0.3) is 0 Å². The topological polar surface area (TPSA) is 27.7 Å². The zero-order valence-corrected chi connectivity index (χ0v) is 84.8. The van der Waals surface area contributed by atoms with Crippen LogP contribution in [0.2, 0.25) is 0 Å². The maximum Gasteiger partial charge on any atom is 0.337 e. The summed E-state index contributed by atoms with van der Waals surface area (Å²) in [5.74, 6) is 0. The molecule has 0 N–H and O–H groups in total. The molecule has 0 aliphatic carbocycles. The first-order chi connectivity index (χ1) is 53.7. The molecule has 3 nitrogen and oxygen atoms in total. The molecule has 656 valence electrons. The predicted octanol–water partition coefficient (Wildman–Crippen LogP) is 35.4. The van der Waals surface area contributed by atoms with E-state index in [0.29, 0.717) is 19.3 Å². The van der Waals surface area contributed by atoms with Gasteiger partial charge in [-0.25, -0.2) is 0 Å². The second-order valence-corrected chi connectivity index (χ2v) is 49.4. The van der Waals surface area contributed by atoms with Crippen LogP contribution >= 0.6 is 8.60 Å². The second kappa shape index (κ2) is 38.1. The Labute approximate surface area is 730 Å². The Morgan fingerprint density at radius 3 is 0.475 bits per heavy atom. The van der Waals surface area contributed by atoms with E-state index >= 15 is 0 Å². The van der Waals surface area contributed by atoms with Crippen molar-refractivity contribution in [2.24, 2.45) is 0 Å². The van der Waals surface area contributed by atoms with Gasteiger partial charge in [0.05, 0.1) is 0 Å². The van der Waals surface area contributed by atoms with Crippen molar-refractivity contribution >= 4 is 8.60 Å². The van der Waals surface area contributed by atoms with Crippen molar-refractivity contribution in [2.75, 3.05) is 0 Å². The van der Waals surface area contributed by atoms with Gasteiger partial charge >= 0.3 is 8.60 Å². The quantitative estimate of drug-likeness (QED) is 0.0233. The van der Waals surface area contributed by atoms with Crippen LogP contribution in [-0.2, 0) is 95.4 Å². The molecule has 6 rings (SSSR count). The predicted molar refractivity (Wildman–Crippen MR) is 523 cm³/mol. The van der Waals surface area contributed by atoms with E-state index in [9.17, 15) is 13.6 Å². The lowest BCUT2D eigenvalue weighted by atomic mass is 9.67. The van der Waals surface area contributed by atoms with Crippen LogP contribution in [0.15, 0.2) is 146 Å². The van der Waals surface area contributed by atoms with Crippen LogP contribution in [0, 0.1) is 0 Å². The highest BCUT2D eigenvalue weighted by Gasteiger charge is 2.57. The largest absolute Gasteiger partial charge is 0.337 e. The lowest BCUT2D eigenvalue weighted by Gasteiger charge is -2.50. The van der Waals surface area contributed by atoms with Crippen LogP contribution in [-0.4, -0.2) is 0 Å². The minimum Gasteiger partial charge on any atom is -0.291 e. The van der Waals surface area contributed by atoms with Gasteiger partial charge in [0.25, 0.3) is 0 Å². The average Bonchev–Trinajstić information content (AvgIpc) is 0.712. The molecule has 0 radical (unpaired) electrons. The zero-order valence-electron chi connectivity index (χ0n) is 83.9. The van der Waals surface area contributed by atoms with Crippen molar-refractivity contribution in [2.45, 2.75) is 467 Å². The monoisotopic (exact) mass is 1630 g/mol. The summed E-state index contributed by atoms with van der Waals surface area (Å²) in [6.45, 7) is 110. The lowest BCUT2D eigenvalue weighted by molar-refractivity contribution is 0.00984. The van der Waals surface area contributed by atoms with Gasteiger partial charge in [0.1, 0.15) is 16.8 Å². The average molecular weight is 1630 g/mol. The third-order valence-corrected chi connectivity index (χ3v) is 26.6. The van der Waals surface area contributed by atoms with E-state index in [1.165, 1.54) is 86.0 Å². The molecule has 6 aromatic rings. The van der Waals surface area contributed by atoms with Gasteiger partial charge in [-0.2, -0.15) is 0 Å². The zero-order chi connectivity index (χ0) is 89.8. The fourth-order valence-corrected chi connectivity index (χ4v) is 19.2. The highest BCUT2D eigenvalue weighted by Crippen LogP contribution is 2.68. The molecule has 6 aromatic carbocycles. The Kier molecular flexibility index (Phi) is 32.8. The number of hydrogen-bond donors (Lipinski definition) is 0. The summed E-state index contributed by atoms with van der Waals surface area (Å²) >= 11 is 0. The Morgan fingerprint density at radius 1 is 0.203 bits per heavy atom. The van der Waals surface area contributed by atoms with Gasteiger partial charge in [-0.15, -0.1) is 0 Å². The lowest BCUT2D eigenvalue weighted by Crippen LogP contribution is -2.43. The Balaban J connectivity index is 2.29. The Morgan fingerprint density at radius 2 is 0.347 bits per heavy atom. The van der Waals surface area contributed by atoms with Gasteiger partial charge in [-0.05, 0) is 220 Å². The first-order valence-corrected chi connectivity index (χ1v) is 47.7. The molecule has 0 aliphatic rings. The third-order valence-electron chi connectivity index (χ3n) is 25.3. The maximum atomic E-state index is 9.74. The van der Waals surface area contributed by atoms with E-state index in [4.69, 9.17) is 19.7 Å². The molecule has 0 spiro atoms. The van der Waals surface area contributed by atoms with Gasteiger partial charge < -0.3 is 0 Å². The smallest absolute Gasteiger partial charge is 0.291 e. The van der Waals surface area contributed by atoms with Crippen molar-refractivity contribution in [3.8, 4) is 0 Å². The van der Waals surface area contributed by atoms with Crippen molar-refractivity contribution < 1.29 is 13.6 Å². The van der Waals surface area contributed by atoms with E-state index < -0.39 is 57.9 Å². The minimum absolute atomic E-state index is 0.198. The molecule has 4 heteroatoms. The summed E-state index contributed by atoms with van der Waals surface area (Å²) in [4.78, 5) is 0. The molecule has 0 aromatic heterocycles. The van der Waals surface area contributed by atoms with Crippen molar-refractivity contribution in [1.29, 1.82) is 0 Å². The van der Waals surface area contributed by atoms with E-state index in [0.717, 1.165) is 127 Å². The van der Waals surface area contributed by atoms with E-state index in [2.05, 4.69) is 379 Å². The number of rotatable bonds is 33. The van der Waals surface area contributed by atoms with E-state index in [-0.39, 0.29) is 32.5 Å². The van der Waals surface area contributed by atoms with Crippen molar-refractivity contribution in [3.05, 3.63) is 246 Å². The first kappa shape index (κ1) is 102. The van der Waals surface area contributed by atoms with Gasteiger partial charge in [0.2, 0.25) is 0 Å². The molecular weight excluding hydrogens is 1450 g/mol. The van der Waals surface area contributed by atoms with Crippen LogP contribution in [0.3, 0.4) is 0 Å². The fourth-order valence-electron chi connectivity index (χ4n) is 17.4. The van der Waals surface area contributed by atoms with Crippen LogP contribution in [0.5, 0.6) is 0 Å². The molecule has 0 heterocycles. The van der Waals surface area contributed by atoms with E-state index in [1.807, 2.05) is 0 Å². The molecule has 118 heavy (non-hydrogen) atoms. The Bertz CT molecular complexity index is 3680. The van der Waals surface area contributed by atoms with Crippen LogP contribution < -0.4 is 0 Å². The van der Waals surface area contributed by atoms with Gasteiger partial charge in [-0.3, -0.25) is 13.6 Å². The summed E-state index contributed by atoms with van der Waals surface area (Å²) in [5, 5.41) is 0. The summed E-state index contributed by atoms with van der Waals surface area (Å²) < 4.78 is 29.2. The first-order valence-electron chi connectivity index (χ1n) is 46.6. The molecule has 0 aliphatic heterocycles. The third kappa shape index (κ3) is 24.3. The molecule has 0 atom stereocenters. The molecule has 0 fully saturated rings. The minimum atomic E-state index is -2.89.